The normalized spacial score (nSPS) is 12.9. The Morgan fingerprint density at radius 2 is 1.74 bits per heavy atom. The second-order valence-corrected chi connectivity index (χ2v) is 11.8. The van der Waals surface area contributed by atoms with Gasteiger partial charge in [0.05, 0.1) is 24.1 Å². The molecule has 1 N–H and O–H groups in total. The summed E-state index contributed by atoms with van der Waals surface area (Å²) < 4.78 is 31.5. The fourth-order valence-electron chi connectivity index (χ4n) is 3.99. The van der Waals surface area contributed by atoms with Crippen molar-refractivity contribution in [2.75, 3.05) is 24.2 Å². The second-order valence-electron chi connectivity index (χ2n) is 9.11. The number of methoxy groups -OCH3 is 1. The minimum atomic E-state index is -3.65. The number of carbonyl (C=O) groups excluding carboxylic acids is 2. The first-order chi connectivity index (χ1) is 17.9. The molecular formula is C27H37Cl2N3O5S. The lowest BCUT2D eigenvalue weighted by atomic mass is 10.1. The summed E-state index contributed by atoms with van der Waals surface area (Å²) in [5.41, 5.74) is 1.10. The highest BCUT2D eigenvalue weighted by molar-refractivity contribution is 7.92. The number of nitrogens with one attached hydrogen (secondary N) is 1. The van der Waals surface area contributed by atoms with Gasteiger partial charge in [0.25, 0.3) is 0 Å². The standard InChI is InChI=1S/C27H37Cl2N3O5S/c1-6-19(3)30-27(34)24(7-2)31(18-20-11-8-9-12-22(20)28)26(33)13-10-16-32(38(5,35)36)21-14-15-25(37-4)23(29)17-21/h8-9,11-12,14-15,17,19,24H,6-7,10,13,16,18H2,1-5H3,(H,30,34)/t19-,24+/m1/s1. The third-order valence-corrected chi connectivity index (χ3v) is 8.12. The summed E-state index contributed by atoms with van der Waals surface area (Å²) in [5.74, 6) is -0.0688. The number of amides is 2. The molecule has 2 aromatic carbocycles. The Kier molecular flexibility index (Phi) is 12.2. The average Bonchev–Trinajstić information content (AvgIpc) is 2.86. The van der Waals surface area contributed by atoms with E-state index < -0.39 is 16.1 Å². The van der Waals surface area contributed by atoms with Crippen LogP contribution in [-0.2, 0) is 26.2 Å². The van der Waals surface area contributed by atoms with E-state index in [1.165, 1.54) is 22.4 Å². The highest BCUT2D eigenvalue weighted by atomic mass is 35.5. The minimum Gasteiger partial charge on any atom is -0.495 e. The van der Waals surface area contributed by atoms with Crippen LogP contribution in [-0.4, -0.2) is 57.1 Å². The number of benzene rings is 2. The van der Waals surface area contributed by atoms with Gasteiger partial charge in [-0.25, -0.2) is 8.42 Å². The second kappa shape index (κ2) is 14.6. The van der Waals surface area contributed by atoms with Crippen molar-refractivity contribution in [1.29, 1.82) is 0 Å². The Labute approximate surface area is 236 Å². The number of hydrogen-bond donors (Lipinski definition) is 1. The minimum absolute atomic E-state index is 0.0338. The van der Waals surface area contributed by atoms with Crippen molar-refractivity contribution in [3.63, 3.8) is 0 Å². The Hall–Kier alpha value is -2.49. The average molecular weight is 587 g/mol. The van der Waals surface area contributed by atoms with Crippen LogP contribution in [0.25, 0.3) is 0 Å². The van der Waals surface area contributed by atoms with E-state index in [2.05, 4.69) is 5.32 Å². The molecule has 0 radical (unpaired) electrons. The number of carbonyl (C=O) groups is 2. The summed E-state index contributed by atoms with van der Waals surface area (Å²) in [6.45, 7) is 5.96. The molecule has 210 valence electrons. The van der Waals surface area contributed by atoms with Gasteiger partial charge in [-0.1, -0.05) is 55.2 Å². The van der Waals surface area contributed by atoms with Crippen LogP contribution >= 0.6 is 23.2 Å². The van der Waals surface area contributed by atoms with Gasteiger partial charge in [-0.2, -0.15) is 0 Å². The Balaban J connectivity index is 2.26. The third kappa shape index (κ3) is 8.78. The molecule has 0 aliphatic rings. The van der Waals surface area contributed by atoms with E-state index in [1.54, 1.807) is 24.3 Å². The van der Waals surface area contributed by atoms with Crippen LogP contribution in [0.15, 0.2) is 42.5 Å². The largest absolute Gasteiger partial charge is 0.495 e. The SMILES string of the molecule is CC[C@@H](C)NC(=O)[C@H](CC)N(Cc1ccccc1Cl)C(=O)CCCN(c1ccc(OC)c(Cl)c1)S(C)(=O)=O. The summed E-state index contributed by atoms with van der Waals surface area (Å²) >= 11 is 12.6. The van der Waals surface area contributed by atoms with Crippen molar-refractivity contribution >= 4 is 50.7 Å². The lowest BCUT2D eigenvalue weighted by Crippen LogP contribution is -2.50. The van der Waals surface area contributed by atoms with Crippen LogP contribution in [0.1, 0.15) is 52.0 Å². The van der Waals surface area contributed by atoms with Gasteiger partial charge in [-0.3, -0.25) is 13.9 Å². The molecule has 11 heteroatoms. The van der Waals surface area contributed by atoms with E-state index >= 15 is 0 Å². The Morgan fingerprint density at radius 3 is 2.29 bits per heavy atom. The third-order valence-electron chi connectivity index (χ3n) is 6.26. The molecule has 0 unspecified atom stereocenters. The number of nitrogens with zero attached hydrogens (tertiary/aromatic N) is 2. The lowest BCUT2D eigenvalue weighted by molar-refractivity contribution is -0.141. The van der Waals surface area contributed by atoms with Crippen molar-refractivity contribution in [2.45, 2.75) is 65.1 Å². The molecular weight excluding hydrogens is 549 g/mol. The number of anilines is 1. The van der Waals surface area contributed by atoms with Crippen molar-refractivity contribution in [3.05, 3.63) is 58.1 Å². The number of hydrogen-bond acceptors (Lipinski definition) is 5. The molecule has 8 nitrogen and oxygen atoms in total. The molecule has 0 heterocycles. The first-order valence-corrected chi connectivity index (χ1v) is 15.2. The van der Waals surface area contributed by atoms with Crippen LogP contribution in [0.3, 0.4) is 0 Å². The topological polar surface area (TPSA) is 96.0 Å². The van der Waals surface area contributed by atoms with E-state index in [4.69, 9.17) is 27.9 Å². The molecule has 0 aromatic heterocycles. The fourth-order valence-corrected chi connectivity index (χ4v) is 5.39. The zero-order valence-corrected chi connectivity index (χ0v) is 24.9. The van der Waals surface area contributed by atoms with Gasteiger partial charge in [0.15, 0.2) is 0 Å². The van der Waals surface area contributed by atoms with Crippen LogP contribution in [0.2, 0.25) is 10.0 Å². The summed E-state index contributed by atoms with van der Waals surface area (Å²) in [6.07, 6.45) is 2.55. The molecule has 2 rings (SSSR count). The fraction of sp³-hybridized carbons (Fsp3) is 0.481. The van der Waals surface area contributed by atoms with Gasteiger partial charge >= 0.3 is 0 Å². The molecule has 38 heavy (non-hydrogen) atoms. The molecule has 2 amide bonds. The van der Waals surface area contributed by atoms with Crippen LogP contribution in [0.4, 0.5) is 5.69 Å². The zero-order chi connectivity index (χ0) is 28.5. The maximum absolute atomic E-state index is 13.5. The molecule has 0 fully saturated rings. The number of halogens is 2. The van der Waals surface area contributed by atoms with Crippen LogP contribution < -0.4 is 14.4 Å². The van der Waals surface area contributed by atoms with Crippen molar-refractivity contribution in [3.8, 4) is 5.75 Å². The molecule has 0 bridgehead atoms. The molecule has 0 saturated carbocycles. The highest BCUT2D eigenvalue weighted by Crippen LogP contribution is 2.30. The van der Waals surface area contributed by atoms with Crippen molar-refractivity contribution in [1.82, 2.24) is 10.2 Å². The maximum atomic E-state index is 13.5. The Morgan fingerprint density at radius 1 is 1.05 bits per heavy atom. The smallest absolute Gasteiger partial charge is 0.243 e. The number of sulfonamides is 1. The van der Waals surface area contributed by atoms with Gasteiger partial charge in [-0.15, -0.1) is 0 Å². The van der Waals surface area contributed by atoms with Gasteiger partial charge in [0.1, 0.15) is 11.8 Å². The Bertz CT molecular complexity index is 1210. The number of rotatable bonds is 14. The first kappa shape index (κ1) is 31.7. The summed E-state index contributed by atoms with van der Waals surface area (Å²) in [6, 6.07) is 11.2. The van der Waals surface area contributed by atoms with Crippen LogP contribution in [0, 0.1) is 0 Å². The molecule has 0 saturated heterocycles. The van der Waals surface area contributed by atoms with Crippen molar-refractivity contribution < 1.29 is 22.7 Å². The predicted octanol–water partition coefficient (Wildman–Crippen LogP) is 5.27. The molecule has 2 atom stereocenters. The quantitative estimate of drug-likeness (QED) is 0.326. The predicted molar refractivity (Wildman–Crippen MR) is 153 cm³/mol. The number of ether oxygens (including phenoxy) is 1. The van der Waals surface area contributed by atoms with Gasteiger partial charge in [-0.05, 0) is 56.0 Å². The molecule has 0 aliphatic heterocycles. The lowest BCUT2D eigenvalue weighted by Gasteiger charge is -2.32. The monoisotopic (exact) mass is 585 g/mol. The highest BCUT2D eigenvalue weighted by Gasteiger charge is 2.30. The molecule has 0 spiro atoms. The van der Waals surface area contributed by atoms with E-state index in [0.29, 0.717) is 22.9 Å². The molecule has 0 aliphatic carbocycles. The first-order valence-electron chi connectivity index (χ1n) is 12.6. The van der Waals surface area contributed by atoms with Crippen LogP contribution in [0.5, 0.6) is 5.75 Å². The van der Waals surface area contributed by atoms with Crippen molar-refractivity contribution in [2.24, 2.45) is 0 Å². The summed E-state index contributed by atoms with van der Waals surface area (Å²) in [5, 5.41) is 3.75. The maximum Gasteiger partial charge on any atom is 0.243 e. The van der Waals surface area contributed by atoms with Gasteiger partial charge < -0.3 is 15.0 Å². The van der Waals surface area contributed by atoms with Gasteiger partial charge in [0.2, 0.25) is 21.8 Å². The van der Waals surface area contributed by atoms with E-state index in [1.807, 2.05) is 32.9 Å². The van der Waals surface area contributed by atoms with E-state index in [0.717, 1.165) is 18.2 Å². The van der Waals surface area contributed by atoms with E-state index in [-0.39, 0.29) is 48.8 Å². The van der Waals surface area contributed by atoms with Gasteiger partial charge in [0, 0.05) is 30.6 Å². The summed E-state index contributed by atoms with van der Waals surface area (Å²) in [4.78, 5) is 28.2. The molecule has 2 aromatic rings. The van der Waals surface area contributed by atoms with E-state index in [9.17, 15) is 18.0 Å². The zero-order valence-electron chi connectivity index (χ0n) is 22.5. The summed E-state index contributed by atoms with van der Waals surface area (Å²) in [7, 11) is -2.18.